The van der Waals surface area contributed by atoms with Crippen molar-refractivity contribution in [3.05, 3.63) is 0 Å². The monoisotopic (exact) mass is 522 g/mol. The molecule has 0 amide bonds. The summed E-state index contributed by atoms with van der Waals surface area (Å²) in [6.07, 6.45) is 4.96. The van der Waals surface area contributed by atoms with Crippen molar-refractivity contribution in [3.63, 3.8) is 0 Å². The molecule has 36 heavy (non-hydrogen) atoms. The van der Waals surface area contributed by atoms with Gasteiger partial charge >= 0.3 is 11.9 Å². The molecule has 0 aromatic carbocycles. The van der Waals surface area contributed by atoms with E-state index in [1.807, 2.05) is 0 Å². The molecular formula is C26H50O10. The number of ether oxygens (including phenoxy) is 2. The normalized spacial score (nSPS) is 14.7. The summed E-state index contributed by atoms with van der Waals surface area (Å²) in [5.41, 5.74) is 0. The molecule has 214 valence electrons. The van der Waals surface area contributed by atoms with Gasteiger partial charge in [-0.25, -0.2) is 0 Å². The number of hydrogen-bond donors (Lipinski definition) is 6. The quantitative estimate of drug-likeness (QED) is 0.0765. The predicted molar refractivity (Wildman–Crippen MR) is 134 cm³/mol. The van der Waals surface area contributed by atoms with Gasteiger partial charge < -0.3 is 40.1 Å². The highest BCUT2D eigenvalue weighted by Crippen LogP contribution is 2.12. The van der Waals surface area contributed by atoms with Gasteiger partial charge in [-0.3, -0.25) is 9.59 Å². The van der Waals surface area contributed by atoms with Gasteiger partial charge in [-0.15, -0.1) is 0 Å². The lowest BCUT2D eigenvalue weighted by Crippen LogP contribution is -2.26. The Morgan fingerprint density at radius 1 is 0.472 bits per heavy atom. The van der Waals surface area contributed by atoms with Crippen LogP contribution in [0.3, 0.4) is 0 Å². The maximum atomic E-state index is 11.8. The molecule has 4 unspecified atom stereocenters. The Bertz CT molecular complexity index is 485. The Hall–Kier alpha value is -1.30. The van der Waals surface area contributed by atoms with E-state index in [9.17, 15) is 30.0 Å². The fraction of sp³-hybridized carbons (Fsp3) is 0.923. The third-order valence-electron chi connectivity index (χ3n) is 6.03. The number of hydrogen-bond acceptors (Lipinski definition) is 10. The highest BCUT2D eigenvalue weighted by Gasteiger charge is 2.17. The van der Waals surface area contributed by atoms with Gasteiger partial charge in [-0.1, -0.05) is 25.7 Å². The van der Waals surface area contributed by atoms with Gasteiger partial charge in [0.2, 0.25) is 0 Å². The van der Waals surface area contributed by atoms with Gasteiger partial charge in [0.25, 0.3) is 0 Å². The van der Waals surface area contributed by atoms with Crippen LogP contribution in [0.15, 0.2) is 0 Å². The average Bonchev–Trinajstić information content (AvgIpc) is 2.86. The standard InChI is InChI=1S/C26H50O10/c27-17-7-1-3-11-21(29)23(31)13-9-19-35-25(33)15-5-6-16-26(34)36-20-10-14-24(32)22(30)12-4-2-8-18-28/h21-24,27-32H,1-20H2. The van der Waals surface area contributed by atoms with Gasteiger partial charge in [0, 0.05) is 26.1 Å². The number of aliphatic hydroxyl groups excluding tert-OH is 6. The lowest BCUT2D eigenvalue weighted by Gasteiger charge is -2.17. The van der Waals surface area contributed by atoms with Crippen molar-refractivity contribution in [2.45, 2.75) is 127 Å². The minimum absolute atomic E-state index is 0.126. The van der Waals surface area contributed by atoms with E-state index in [1.165, 1.54) is 0 Å². The van der Waals surface area contributed by atoms with Crippen molar-refractivity contribution in [2.75, 3.05) is 26.4 Å². The van der Waals surface area contributed by atoms with E-state index < -0.39 is 24.4 Å². The molecule has 0 aromatic rings. The first-order chi connectivity index (χ1) is 17.3. The number of carbonyl (C=O) groups is 2. The smallest absolute Gasteiger partial charge is 0.305 e. The van der Waals surface area contributed by atoms with Crippen molar-refractivity contribution < 1.29 is 49.7 Å². The second kappa shape index (κ2) is 24.1. The summed E-state index contributed by atoms with van der Waals surface area (Å²) in [7, 11) is 0. The van der Waals surface area contributed by atoms with Crippen LogP contribution in [0.5, 0.6) is 0 Å². The molecule has 4 atom stereocenters. The van der Waals surface area contributed by atoms with E-state index in [-0.39, 0.29) is 51.2 Å². The molecule has 0 aliphatic heterocycles. The lowest BCUT2D eigenvalue weighted by atomic mass is 10.0. The highest BCUT2D eigenvalue weighted by molar-refractivity contribution is 5.70. The average molecular weight is 523 g/mol. The molecule has 0 bridgehead atoms. The largest absolute Gasteiger partial charge is 0.466 e. The van der Waals surface area contributed by atoms with Crippen LogP contribution in [0.2, 0.25) is 0 Å². The van der Waals surface area contributed by atoms with Crippen LogP contribution < -0.4 is 0 Å². The fourth-order valence-corrected chi connectivity index (χ4v) is 3.69. The number of esters is 2. The van der Waals surface area contributed by atoms with Gasteiger partial charge in [0.1, 0.15) is 0 Å². The number of unbranched alkanes of at least 4 members (excludes halogenated alkanes) is 5. The van der Waals surface area contributed by atoms with Crippen LogP contribution in [0.25, 0.3) is 0 Å². The summed E-state index contributed by atoms with van der Waals surface area (Å²) in [6.45, 7) is 0.582. The zero-order valence-corrected chi connectivity index (χ0v) is 21.8. The summed E-state index contributed by atoms with van der Waals surface area (Å²) in [6, 6.07) is 0. The van der Waals surface area contributed by atoms with Gasteiger partial charge in [-0.05, 0) is 64.2 Å². The first kappa shape index (κ1) is 34.7. The van der Waals surface area contributed by atoms with E-state index in [4.69, 9.17) is 19.7 Å². The van der Waals surface area contributed by atoms with Crippen LogP contribution >= 0.6 is 0 Å². The van der Waals surface area contributed by atoms with Crippen LogP contribution in [0.1, 0.15) is 103 Å². The minimum atomic E-state index is -0.862. The summed E-state index contributed by atoms with van der Waals surface area (Å²) in [4.78, 5) is 23.5. The lowest BCUT2D eigenvalue weighted by molar-refractivity contribution is -0.146. The van der Waals surface area contributed by atoms with Crippen molar-refractivity contribution in [2.24, 2.45) is 0 Å². The molecule has 0 rings (SSSR count). The SMILES string of the molecule is O=C(CCCCC(=O)OCCCC(O)C(O)CCCCCO)OCCCC(O)C(O)CCCCCO. The molecule has 0 radical (unpaired) electrons. The molecule has 0 heterocycles. The molecule has 0 spiro atoms. The molecule has 10 nitrogen and oxygen atoms in total. The number of carbonyl (C=O) groups excluding carboxylic acids is 2. The zero-order chi connectivity index (χ0) is 27.0. The fourth-order valence-electron chi connectivity index (χ4n) is 3.69. The third-order valence-corrected chi connectivity index (χ3v) is 6.03. The summed E-state index contributed by atoms with van der Waals surface area (Å²) in [5.74, 6) is -0.738. The van der Waals surface area contributed by atoms with Gasteiger partial charge in [0.05, 0.1) is 37.6 Å². The maximum absolute atomic E-state index is 11.8. The van der Waals surface area contributed by atoms with Crippen LogP contribution in [0.4, 0.5) is 0 Å². The predicted octanol–water partition coefficient (Wildman–Crippen LogP) is 1.74. The van der Waals surface area contributed by atoms with E-state index in [0.717, 1.165) is 25.7 Å². The second-order valence-electron chi connectivity index (χ2n) is 9.35. The molecule has 0 aliphatic carbocycles. The Kier molecular flexibility index (Phi) is 23.2. The van der Waals surface area contributed by atoms with E-state index >= 15 is 0 Å². The maximum Gasteiger partial charge on any atom is 0.305 e. The molecule has 0 aromatic heterocycles. The van der Waals surface area contributed by atoms with Crippen molar-refractivity contribution >= 4 is 11.9 Å². The van der Waals surface area contributed by atoms with Crippen molar-refractivity contribution in [3.8, 4) is 0 Å². The summed E-state index contributed by atoms with van der Waals surface area (Å²) >= 11 is 0. The summed E-state index contributed by atoms with van der Waals surface area (Å²) in [5, 5.41) is 57.1. The third kappa shape index (κ3) is 20.8. The van der Waals surface area contributed by atoms with Crippen LogP contribution in [-0.2, 0) is 19.1 Å². The highest BCUT2D eigenvalue weighted by atomic mass is 16.5. The molecule has 0 saturated carbocycles. The van der Waals surface area contributed by atoms with Crippen LogP contribution in [-0.4, -0.2) is 93.4 Å². The molecule has 6 N–H and O–H groups in total. The van der Waals surface area contributed by atoms with E-state index in [0.29, 0.717) is 64.2 Å². The Morgan fingerprint density at radius 2 is 0.806 bits per heavy atom. The molecule has 10 heteroatoms. The first-order valence-electron chi connectivity index (χ1n) is 13.6. The Balaban J connectivity index is 3.65. The van der Waals surface area contributed by atoms with Gasteiger partial charge in [0.15, 0.2) is 0 Å². The van der Waals surface area contributed by atoms with Gasteiger partial charge in [-0.2, -0.15) is 0 Å². The topological polar surface area (TPSA) is 174 Å². The molecule has 0 aliphatic rings. The number of rotatable bonds is 25. The molecule has 0 fully saturated rings. The van der Waals surface area contributed by atoms with Crippen LogP contribution in [0, 0.1) is 0 Å². The zero-order valence-electron chi connectivity index (χ0n) is 21.8. The van der Waals surface area contributed by atoms with E-state index in [2.05, 4.69) is 0 Å². The minimum Gasteiger partial charge on any atom is -0.466 e. The van der Waals surface area contributed by atoms with Crippen molar-refractivity contribution in [1.29, 1.82) is 0 Å². The Labute approximate surface area is 215 Å². The van der Waals surface area contributed by atoms with Crippen molar-refractivity contribution in [1.82, 2.24) is 0 Å². The second-order valence-corrected chi connectivity index (χ2v) is 9.35. The first-order valence-corrected chi connectivity index (χ1v) is 13.6. The number of aliphatic hydroxyl groups is 6. The Morgan fingerprint density at radius 3 is 1.14 bits per heavy atom. The molecule has 0 saturated heterocycles. The molecular weight excluding hydrogens is 472 g/mol. The summed E-state index contributed by atoms with van der Waals surface area (Å²) < 4.78 is 10.2. The van der Waals surface area contributed by atoms with E-state index in [1.54, 1.807) is 0 Å².